The minimum Gasteiger partial charge on any atom is -0.396 e. The number of benzene rings is 1. The molecule has 0 aliphatic heterocycles. The van der Waals surface area contributed by atoms with Crippen LogP contribution in [0.15, 0.2) is 30.5 Å². The summed E-state index contributed by atoms with van der Waals surface area (Å²) in [5.41, 5.74) is 3.46. The van der Waals surface area contributed by atoms with Crippen LogP contribution in [-0.4, -0.2) is 26.7 Å². The smallest absolute Gasteiger partial charge is 0.0965 e. The minimum atomic E-state index is 0.178. The van der Waals surface area contributed by atoms with Gasteiger partial charge in [0.1, 0.15) is 0 Å². The van der Waals surface area contributed by atoms with Crippen molar-refractivity contribution < 1.29 is 5.11 Å². The number of aromatic nitrogens is 3. The SMILES string of the molecule is Cc1ccc(C(C)NCc2cn(CCCO)nn2)cc1. The van der Waals surface area contributed by atoms with E-state index < -0.39 is 0 Å². The monoisotopic (exact) mass is 274 g/mol. The van der Waals surface area contributed by atoms with E-state index in [4.69, 9.17) is 5.11 Å². The molecule has 2 aromatic rings. The number of nitrogens with zero attached hydrogens (tertiary/aromatic N) is 3. The number of aliphatic hydroxyl groups excluding tert-OH is 1. The third kappa shape index (κ3) is 4.15. The lowest BCUT2D eigenvalue weighted by atomic mass is 10.1. The summed E-state index contributed by atoms with van der Waals surface area (Å²) in [4.78, 5) is 0. The minimum absolute atomic E-state index is 0.178. The van der Waals surface area contributed by atoms with Gasteiger partial charge in [-0.15, -0.1) is 5.10 Å². The van der Waals surface area contributed by atoms with Crippen LogP contribution in [0.5, 0.6) is 0 Å². The quantitative estimate of drug-likeness (QED) is 0.808. The first-order valence-corrected chi connectivity index (χ1v) is 6.99. The van der Waals surface area contributed by atoms with E-state index in [0.717, 1.165) is 5.69 Å². The maximum Gasteiger partial charge on any atom is 0.0965 e. The van der Waals surface area contributed by atoms with Gasteiger partial charge in [0.05, 0.1) is 5.69 Å². The maximum atomic E-state index is 8.78. The fourth-order valence-corrected chi connectivity index (χ4v) is 1.99. The van der Waals surface area contributed by atoms with E-state index >= 15 is 0 Å². The Bertz CT molecular complexity index is 521. The molecule has 0 fully saturated rings. The van der Waals surface area contributed by atoms with Gasteiger partial charge in [-0.2, -0.15) is 0 Å². The van der Waals surface area contributed by atoms with Crippen LogP contribution >= 0.6 is 0 Å². The zero-order valence-electron chi connectivity index (χ0n) is 12.1. The summed E-state index contributed by atoms with van der Waals surface area (Å²) < 4.78 is 1.77. The largest absolute Gasteiger partial charge is 0.396 e. The Kier molecular flexibility index (Phi) is 5.26. The molecule has 0 aliphatic carbocycles. The van der Waals surface area contributed by atoms with Gasteiger partial charge in [0.15, 0.2) is 0 Å². The molecule has 2 N–H and O–H groups in total. The number of aryl methyl sites for hydroxylation is 2. The average molecular weight is 274 g/mol. The molecule has 0 bridgehead atoms. The molecular weight excluding hydrogens is 252 g/mol. The molecule has 0 saturated carbocycles. The molecular formula is C15H22N4O. The van der Waals surface area contributed by atoms with Gasteiger partial charge in [0.2, 0.25) is 0 Å². The predicted octanol–water partition coefficient (Wildman–Crippen LogP) is 1.82. The summed E-state index contributed by atoms with van der Waals surface area (Å²) >= 11 is 0. The molecule has 0 amide bonds. The van der Waals surface area contributed by atoms with E-state index in [9.17, 15) is 0 Å². The third-order valence-electron chi connectivity index (χ3n) is 3.30. The van der Waals surface area contributed by atoms with Crippen molar-refractivity contribution >= 4 is 0 Å². The molecule has 0 aliphatic rings. The zero-order chi connectivity index (χ0) is 14.4. The fraction of sp³-hybridized carbons (Fsp3) is 0.467. The lowest BCUT2D eigenvalue weighted by Gasteiger charge is -2.13. The van der Waals surface area contributed by atoms with Crippen molar-refractivity contribution in [3.63, 3.8) is 0 Å². The van der Waals surface area contributed by atoms with Crippen molar-refractivity contribution in [2.24, 2.45) is 0 Å². The van der Waals surface area contributed by atoms with Crippen molar-refractivity contribution in [2.75, 3.05) is 6.61 Å². The normalized spacial score (nSPS) is 12.6. The first-order valence-electron chi connectivity index (χ1n) is 6.99. The van der Waals surface area contributed by atoms with E-state index in [1.165, 1.54) is 11.1 Å². The topological polar surface area (TPSA) is 63.0 Å². The fourth-order valence-electron chi connectivity index (χ4n) is 1.99. The average Bonchev–Trinajstić information content (AvgIpc) is 2.91. The third-order valence-corrected chi connectivity index (χ3v) is 3.30. The number of hydrogen-bond donors (Lipinski definition) is 2. The molecule has 108 valence electrons. The molecule has 0 spiro atoms. The van der Waals surface area contributed by atoms with Gasteiger partial charge < -0.3 is 10.4 Å². The Labute approximate surface area is 119 Å². The number of nitrogens with one attached hydrogen (secondary N) is 1. The Morgan fingerprint density at radius 2 is 2.05 bits per heavy atom. The van der Waals surface area contributed by atoms with Gasteiger partial charge in [0.25, 0.3) is 0 Å². The molecule has 20 heavy (non-hydrogen) atoms. The van der Waals surface area contributed by atoms with Crippen LogP contribution in [0.4, 0.5) is 0 Å². The number of aliphatic hydroxyl groups is 1. The van der Waals surface area contributed by atoms with E-state index in [0.29, 0.717) is 19.5 Å². The first-order chi connectivity index (χ1) is 9.69. The van der Waals surface area contributed by atoms with Crippen molar-refractivity contribution in [3.8, 4) is 0 Å². The zero-order valence-corrected chi connectivity index (χ0v) is 12.1. The van der Waals surface area contributed by atoms with Gasteiger partial charge in [-0.3, -0.25) is 4.68 Å². The highest BCUT2D eigenvalue weighted by Gasteiger charge is 2.06. The Morgan fingerprint density at radius 3 is 2.75 bits per heavy atom. The summed E-state index contributed by atoms with van der Waals surface area (Å²) in [5.74, 6) is 0. The maximum absolute atomic E-state index is 8.78. The van der Waals surface area contributed by atoms with Gasteiger partial charge in [-0.05, 0) is 25.8 Å². The van der Waals surface area contributed by atoms with Crippen LogP contribution in [0.1, 0.15) is 36.2 Å². The van der Waals surface area contributed by atoms with Crippen molar-refractivity contribution in [1.29, 1.82) is 0 Å². The Balaban J connectivity index is 1.85. The molecule has 5 heteroatoms. The Morgan fingerprint density at radius 1 is 1.30 bits per heavy atom. The number of rotatable bonds is 7. The Hall–Kier alpha value is -1.72. The molecule has 1 aromatic carbocycles. The van der Waals surface area contributed by atoms with E-state index in [-0.39, 0.29) is 12.6 Å². The van der Waals surface area contributed by atoms with Crippen LogP contribution < -0.4 is 5.32 Å². The van der Waals surface area contributed by atoms with Crippen molar-refractivity contribution in [2.45, 2.75) is 39.4 Å². The highest BCUT2D eigenvalue weighted by Crippen LogP contribution is 2.13. The summed E-state index contributed by atoms with van der Waals surface area (Å²) in [6.07, 6.45) is 2.63. The summed E-state index contributed by atoms with van der Waals surface area (Å²) in [6.45, 7) is 5.80. The second kappa shape index (κ2) is 7.17. The second-order valence-electron chi connectivity index (χ2n) is 5.06. The second-order valence-corrected chi connectivity index (χ2v) is 5.06. The summed E-state index contributed by atoms with van der Waals surface area (Å²) in [7, 11) is 0. The lowest BCUT2D eigenvalue weighted by molar-refractivity contribution is 0.276. The van der Waals surface area contributed by atoms with Crippen LogP contribution in [0, 0.1) is 6.92 Å². The molecule has 1 unspecified atom stereocenters. The standard InChI is InChI=1S/C15H22N4O/c1-12-4-6-14(7-5-12)13(2)16-10-15-11-19(18-17-15)8-3-9-20/h4-7,11,13,16,20H,3,8-10H2,1-2H3. The molecule has 1 heterocycles. The molecule has 1 atom stereocenters. The van der Waals surface area contributed by atoms with Crippen LogP contribution in [0.2, 0.25) is 0 Å². The van der Waals surface area contributed by atoms with Gasteiger partial charge in [-0.25, -0.2) is 0 Å². The van der Waals surface area contributed by atoms with Crippen molar-refractivity contribution in [1.82, 2.24) is 20.3 Å². The lowest BCUT2D eigenvalue weighted by Crippen LogP contribution is -2.18. The molecule has 2 rings (SSSR count). The summed E-state index contributed by atoms with van der Waals surface area (Å²) in [5, 5.41) is 20.4. The van der Waals surface area contributed by atoms with Gasteiger partial charge in [-0.1, -0.05) is 35.0 Å². The van der Waals surface area contributed by atoms with Gasteiger partial charge >= 0.3 is 0 Å². The van der Waals surface area contributed by atoms with E-state index in [1.54, 1.807) is 4.68 Å². The van der Waals surface area contributed by atoms with E-state index in [1.807, 2.05) is 6.20 Å². The first kappa shape index (κ1) is 14.7. The molecule has 1 aromatic heterocycles. The van der Waals surface area contributed by atoms with Crippen LogP contribution in [0.25, 0.3) is 0 Å². The molecule has 0 saturated heterocycles. The number of hydrogen-bond acceptors (Lipinski definition) is 4. The van der Waals surface area contributed by atoms with Crippen LogP contribution in [-0.2, 0) is 13.1 Å². The molecule has 0 radical (unpaired) electrons. The van der Waals surface area contributed by atoms with Crippen molar-refractivity contribution in [3.05, 3.63) is 47.3 Å². The summed E-state index contributed by atoms with van der Waals surface area (Å²) in [6, 6.07) is 8.81. The highest BCUT2D eigenvalue weighted by molar-refractivity contribution is 5.23. The highest BCUT2D eigenvalue weighted by atomic mass is 16.3. The van der Waals surface area contributed by atoms with E-state index in [2.05, 4.69) is 53.7 Å². The van der Waals surface area contributed by atoms with Gasteiger partial charge in [0, 0.05) is 31.9 Å². The predicted molar refractivity (Wildman–Crippen MR) is 78.2 cm³/mol. The molecule has 5 nitrogen and oxygen atoms in total. The van der Waals surface area contributed by atoms with Crippen LogP contribution in [0.3, 0.4) is 0 Å².